The minimum absolute atomic E-state index is 0.282. The highest BCUT2D eigenvalue weighted by Crippen LogP contribution is 2.15. The van der Waals surface area contributed by atoms with E-state index in [4.69, 9.17) is 0 Å². The van der Waals surface area contributed by atoms with Gasteiger partial charge in [0.15, 0.2) is 0 Å². The molecular formula is C15H24FN3O3S. The van der Waals surface area contributed by atoms with Crippen LogP contribution in [-0.4, -0.2) is 40.0 Å². The highest BCUT2D eigenvalue weighted by atomic mass is 32.2. The number of nitrogens with one attached hydrogen (secondary N) is 3. The van der Waals surface area contributed by atoms with Gasteiger partial charge in [0.25, 0.3) is 0 Å². The molecule has 0 heterocycles. The lowest BCUT2D eigenvalue weighted by Gasteiger charge is -2.21. The van der Waals surface area contributed by atoms with Crippen molar-refractivity contribution in [3.05, 3.63) is 30.1 Å². The third-order valence-corrected chi connectivity index (χ3v) is 4.68. The molecule has 1 aromatic rings. The Kier molecular flexibility index (Phi) is 7.60. The lowest BCUT2D eigenvalue weighted by atomic mass is 10.1. The molecule has 1 atom stereocenters. The van der Waals surface area contributed by atoms with Crippen molar-refractivity contribution in [2.24, 2.45) is 5.92 Å². The number of rotatable bonds is 9. The second-order valence-corrected chi connectivity index (χ2v) is 7.10. The van der Waals surface area contributed by atoms with E-state index in [2.05, 4.69) is 15.4 Å². The van der Waals surface area contributed by atoms with Crippen LogP contribution >= 0.6 is 0 Å². The second-order valence-electron chi connectivity index (χ2n) is 5.42. The zero-order valence-corrected chi connectivity index (χ0v) is 14.4. The van der Waals surface area contributed by atoms with Crippen molar-refractivity contribution in [1.82, 2.24) is 15.4 Å². The van der Waals surface area contributed by atoms with Crippen LogP contribution in [0.2, 0.25) is 0 Å². The van der Waals surface area contributed by atoms with Crippen molar-refractivity contribution in [3.8, 4) is 0 Å². The summed E-state index contributed by atoms with van der Waals surface area (Å²) >= 11 is 0. The second kappa shape index (κ2) is 8.95. The van der Waals surface area contributed by atoms with E-state index in [-0.39, 0.29) is 5.92 Å². The molecule has 6 nitrogen and oxygen atoms in total. The predicted molar refractivity (Wildman–Crippen MR) is 86.9 cm³/mol. The molecule has 0 aromatic heterocycles. The molecule has 3 N–H and O–H groups in total. The van der Waals surface area contributed by atoms with E-state index in [9.17, 15) is 17.6 Å². The first kappa shape index (κ1) is 19.5. The summed E-state index contributed by atoms with van der Waals surface area (Å²) in [5.74, 6) is -1.57. The number of benzene rings is 1. The van der Waals surface area contributed by atoms with Crippen molar-refractivity contribution in [2.45, 2.75) is 31.7 Å². The number of hydrogen-bond acceptors (Lipinski definition) is 4. The fourth-order valence-electron chi connectivity index (χ4n) is 1.95. The summed E-state index contributed by atoms with van der Waals surface area (Å²) in [6.45, 7) is 7.14. The largest absolute Gasteiger partial charge is 0.353 e. The van der Waals surface area contributed by atoms with Gasteiger partial charge >= 0.3 is 0 Å². The summed E-state index contributed by atoms with van der Waals surface area (Å²) in [6.07, 6.45) is 0. The maximum Gasteiger partial charge on any atom is 0.244 e. The number of carbonyl (C=O) groups excluding carboxylic acids is 1. The minimum atomic E-state index is -4.12. The number of sulfonamides is 1. The monoisotopic (exact) mass is 345 g/mol. The van der Waals surface area contributed by atoms with Gasteiger partial charge < -0.3 is 10.6 Å². The highest BCUT2D eigenvalue weighted by Gasteiger charge is 2.29. The van der Waals surface area contributed by atoms with Crippen LogP contribution in [0.4, 0.5) is 4.39 Å². The Hall–Kier alpha value is -1.51. The van der Waals surface area contributed by atoms with Gasteiger partial charge in [-0.25, -0.2) is 12.8 Å². The van der Waals surface area contributed by atoms with E-state index in [1.165, 1.54) is 12.1 Å². The molecular weight excluding hydrogens is 321 g/mol. The van der Waals surface area contributed by atoms with Gasteiger partial charge in [-0.1, -0.05) is 32.9 Å². The first-order chi connectivity index (χ1) is 10.8. The van der Waals surface area contributed by atoms with Crippen LogP contribution in [0.1, 0.15) is 20.8 Å². The molecule has 1 unspecified atom stereocenters. The molecule has 130 valence electrons. The van der Waals surface area contributed by atoms with Crippen molar-refractivity contribution < 1.29 is 17.6 Å². The summed E-state index contributed by atoms with van der Waals surface area (Å²) in [7, 11) is -4.12. The molecule has 1 rings (SSSR count). The van der Waals surface area contributed by atoms with Gasteiger partial charge in [0.2, 0.25) is 15.9 Å². The SMILES string of the molecule is CCNCCNC(=O)C(NS(=O)(=O)c1ccccc1F)C(C)C. The van der Waals surface area contributed by atoms with Crippen LogP contribution in [0.15, 0.2) is 29.2 Å². The molecule has 1 aromatic carbocycles. The molecule has 0 aliphatic heterocycles. The molecule has 0 fully saturated rings. The van der Waals surface area contributed by atoms with E-state index in [0.717, 1.165) is 18.7 Å². The maximum absolute atomic E-state index is 13.7. The number of halogens is 1. The summed E-state index contributed by atoms with van der Waals surface area (Å²) in [6, 6.07) is 4.09. The fraction of sp³-hybridized carbons (Fsp3) is 0.533. The standard InChI is InChI=1S/C15H24FN3O3S/c1-4-17-9-10-18-15(20)14(11(2)3)19-23(21,22)13-8-6-5-7-12(13)16/h5-8,11,14,17,19H,4,9-10H2,1-3H3,(H,18,20). The van der Waals surface area contributed by atoms with E-state index >= 15 is 0 Å². The molecule has 0 radical (unpaired) electrons. The first-order valence-electron chi connectivity index (χ1n) is 7.55. The summed E-state index contributed by atoms with van der Waals surface area (Å²) < 4.78 is 40.6. The lowest BCUT2D eigenvalue weighted by molar-refractivity contribution is -0.123. The van der Waals surface area contributed by atoms with Crippen LogP contribution in [0.3, 0.4) is 0 Å². The average Bonchev–Trinajstić information content (AvgIpc) is 2.49. The zero-order chi connectivity index (χ0) is 17.5. The van der Waals surface area contributed by atoms with Crippen LogP contribution in [0, 0.1) is 11.7 Å². The van der Waals surface area contributed by atoms with Gasteiger partial charge in [0.05, 0.1) is 0 Å². The Morgan fingerprint density at radius 3 is 2.43 bits per heavy atom. The molecule has 0 bridgehead atoms. The zero-order valence-electron chi connectivity index (χ0n) is 13.6. The van der Waals surface area contributed by atoms with Crippen molar-refractivity contribution in [2.75, 3.05) is 19.6 Å². The number of amides is 1. The van der Waals surface area contributed by atoms with Gasteiger partial charge in [-0.05, 0) is 24.6 Å². The van der Waals surface area contributed by atoms with Gasteiger partial charge in [-0.2, -0.15) is 4.72 Å². The van der Waals surface area contributed by atoms with E-state index in [1.54, 1.807) is 13.8 Å². The molecule has 0 saturated carbocycles. The molecule has 0 aliphatic carbocycles. The molecule has 1 amide bonds. The third-order valence-electron chi connectivity index (χ3n) is 3.21. The Labute approximate surface area is 136 Å². The van der Waals surface area contributed by atoms with Crippen molar-refractivity contribution in [3.63, 3.8) is 0 Å². The number of hydrogen-bond donors (Lipinski definition) is 3. The molecule has 0 aliphatic rings. The van der Waals surface area contributed by atoms with Gasteiger partial charge in [-0.3, -0.25) is 4.79 Å². The Morgan fingerprint density at radius 2 is 1.87 bits per heavy atom. The summed E-state index contributed by atoms with van der Waals surface area (Å²) in [5.41, 5.74) is 0. The quantitative estimate of drug-likeness (QED) is 0.579. The van der Waals surface area contributed by atoms with Crippen molar-refractivity contribution in [1.29, 1.82) is 0 Å². The Balaban J connectivity index is 2.83. The van der Waals surface area contributed by atoms with Crippen LogP contribution < -0.4 is 15.4 Å². The first-order valence-corrected chi connectivity index (χ1v) is 9.03. The van der Waals surface area contributed by atoms with Gasteiger partial charge in [0.1, 0.15) is 16.8 Å². The highest BCUT2D eigenvalue weighted by molar-refractivity contribution is 7.89. The predicted octanol–water partition coefficient (Wildman–Crippen LogP) is 0.854. The van der Waals surface area contributed by atoms with Crippen molar-refractivity contribution >= 4 is 15.9 Å². The number of likely N-dealkylation sites (N-methyl/N-ethyl adjacent to an activating group) is 1. The minimum Gasteiger partial charge on any atom is -0.353 e. The Morgan fingerprint density at radius 1 is 1.22 bits per heavy atom. The fourth-order valence-corrected chi connectivity index (χ4v) is 3.37. The van der Waals surface area contributed by atoms with E-state index in [0.29, 0.717) is 13.1 Å². The van der Waals surface area contributed by atoms with Crippen LogP contribution in [-0.2, 0) is 14.8 Å². The summed E-state index contributed by atoms with van der Waals surface area (Å²) in [5, 5.41) is 5.72. The molecule has 0 spiro atoms. The van der Waals surface area contributed by atoms with Crippen LogP contribution in [0.25, 0.3) is 0 Å². The molecule has 23 heavy (non-hydrogen) atoms. The topological polar surface area (TPSA) is 87.3 Å². The average molecular weight is 345 g/mol. The van der Waals surface area contributed by atoms with Crippen LogP contribution in [0.5, 0.6) is 0 Å². The Bertz CT molecular complexity index is 620. The number of carbonyl (C=O) groups is 1. The van der Waals surface area contributed by atoms with Gasteiger partial charge in [0, 0.05) is 13.1 Å². The molecule has 8 heteroatoms. The lowest BCUT2D eigenvalue weighted by Crippen LogP contribution is -2.50. The summed E-state index contributed by atoms with van der Waals surface area (Å²) in [4.78, 5) is 11.7. The van der Waals surface area contributed by atoms with E-state index in [1.807, 2.05) is 6.92 Å². The molecule has 0 saturated heterocycles. The third kappa shape index (κ3) is 5.89. The van der Waals surface area contributed by atoms with E-state index < -0.39 is 32.7 Å². The van der Waals surface area contributed by atoms with Gasteiger partial charge in [-0.15, -0.1) is 0 Å². The normalized spacial score (nSPS) is 13.1. The maximum atomic E-state index is 13.7. The smallest absolute Gasteiger partial charge is 0.244 e.